The van der Waals surface area contributed by atoms with Crippen LogP contribution >= 0.6 is 27.7 Å². The number of likely N-dealkylation sites (tertiary alicyclic amines) is 1. The summed E-state index contributed by atoms with van der Waals surface area (Å²) in [5, 5.41) is 9.05. The molecule has 1 fully saturated rings. The molecular weight excluding hydrogens is 282 g/mol. The van der Waals surface area contributed by atoms with Crippen molar-refractivity contribution in [2.75, 3.05) is 18.6 Å². The molecule has 0 saturated carbocycles. The SMILES string of the molecule is CSCC[C@@H](C(=O)O)N1CC(Br)CC1=O. The summed E-state index contributed by atoms with van der Waals surface area (Å²) < 4.78 is 0. The van der Waals surface area contributed by atoms with Gasteiger partial charge >= 0.3 is 5.97 Å². The second-order valence-electron chi connectivity index (χ2n) is 3.48. The Bertz CT molecular complexity index is 262. The van der Waals surface area contributed by atoms with Crippen molar-refractivity contribution in [3.63, 3.8) is 0 Å². The number of halogens is 1. The Balaban J connectivity index is 2.63. The molecule has 1 unspecified atom stereocenters. The molecule has 0 aliphatic carbocycles. The van der Waals surface area contributed by atoms with Gasteiger partial charge in [0.05, 0.1) is 0 Å². The molecule has 15 heavy (non-hydrogen) atoms. The monoisotopic (exact) mass is 295 g/mol. The van der Waals surface area contributed by atoms with Gasteiger partial charge in [0.1, 0.15) is 6.04 Å². The second kappa shape index (κ2) is 5.75. The molecule has 1 N–H and O–H groups in total. The fourth-order valence-corrected chi connectivity index (χ4v) is 2.68. The van der Waals surface area contributed by atoms with Crippen LogP contribution in [0.2, 0.25) is 0 Å². The molecule has 1 saturated heterocycles. The van der Waals surface area contributed by atoms with E-state index in [-0.39, 0.29) is 10.7 Å². The smallest absolute Gasteiger partial charge is 0.326 e. The topological polar surface area (TPSA) is 57.6 Å². The van der Waals surface area contributed by atoms with Gasteiger partial charge in [0.25, 0.3) is 0 Å². The van der Waals surface area contributed by atoms with Crippen molar-refractivity contribution < 1.29 is 14.7 Å². The second-order valence-corrected chi connectivity index (χ2v) is 5.76. The van der Waals surface area contributed by atoms with E-state index in [0.717, 1.165) is 5.75 Å². The van der Waals surface area contributed by atoms with Gasteiger partial charge < -0.3 is 10.0 Å². The van der Waals surface area contributed by atoms with E-state index in [1.165, 1.54) is 4.90 Å². The number of rotatable bonds is 5. The van der Waals surface area contributed by atoms with Crippen LogP contribution in [-0.2, 0) is 9.59 Å². The Morgan fingerprint density at radius 2 is 2.47 bits per heavy atom. The van der Waals surface area contributed by atoms with Gasteiger partial charge in [-0.3, -0.25) is 4.79 Å². The molecule has 4 nitrogen and oxygen atoms in total. The summed E-state index contributed by atoms with van der Waals surface area (Å²) >= 11 is 4.94. The molecule has 1 rings (SSSR count). The van der Waals surface area contributed by atoms with Crippen LogP contribution in [0.15, 0.2) is 0 Å². The standard InChI is InChI=1S/C9H14BrNO3S/c1-15-3-2-7(9(13)14)11-5-6(10)4-8(11)12/h6-7H,2-5H2,1H3,(H,13,14)/t6?,7-/m0/s1. The van der Waals surface area contributed by atoms with E-state index in [1.54, 1.807) is 11.8 Å². The minimum Gasteiger partial charge on any atom is -0.480 e. The maximum atomic E-state index is 11.5. The van der Waals surface area contributed by atoms with Crippen LogP contribution < -0.4 is 0 Å². The highest BCUT2D eigenvalue weighted by Gasteiger charge is 2.36. The molecule has 0 bridgehead atoms. The predicted octanol–water partition coefficient (Wildman–Crippen LogP) is 1.19. The number of nitrogens with zero attached hydrogens (tertiary/aromatic N) is 1. The van der Waals surface area contributed by atoms with Crippen LogP contribution in [0.3, 0.4) is 0 Å². The van der Waals surface area contributed by atoms with E-state index in [2.05, 4.69) is 15.9 Å². The van der Waals surface area contributed by atoms with Crippen LogP contribution in [-0.4, -0.2) is 51.3 Å². The fraction of sp³-hybridized carbons (Fsp3) is 0.778. The molecule has 0 radical (unpaired) electrons. The maximum absolute atomic E-state index is 11.5. The van der Waals surface area contributed by atoms with E-state index in [0.29, 0.717) is 19.4 Å². The molecule has 1 aliphatic rings. The lowest BCUT2D eigenvalue weighted by atomic mass is 10.2. The first-order valence-corrected chi connectivity index (χ1v) is 7.02. The Labute approximate surface area is 102 Å². The number of amides is 1. The number of carboxylic acids is 1. The Kier molecular flexibility index (Phi) is 4.92. The Hall–Kier alpha value is -0.230. The van der Waals surface area contributed by atoms with Crippen LogP contribution in [0.25, 0.3) is 0 Å². The van der Waals surface area contributed by atoms with Gasteiger partial charge in [0, 0.05) is 17.8 Å². The highest BCUT2D eigenvalue weighted by Crippen LogP contribution is 2.22. The summed E-state index contributed by atoms with van der Waals surface area (Å²) in [7, 11) is 0. The molecule has 0 aromatic rings. The van der Waals surface area contributed by atoms with Crippen LogP contribution in [0.4, 0.5) is 0 Å². The van der Waals surface area contributed by atoms with Gasteiger partial charge in [-0.2, -0.15) is 11.8 Å². The molecule has 1 heterocycles. The van der Waals surface area contributed by atoms with Crippen molar-refractivity contribution in [1.82, 2.24) is 4.90 Å². The Morgan fingerprint density at radius 1 is 1.80 bits per heavy atom. The van der Waals surface area contributed by atoms with Gasteiger partial charge in [-0.05, 0) is 18.4 Å². The van der Waals surface area contributed by atoms with Crippen molar-refractivity contribution in [2.45, 2.75) is 23.7 Å². The summed E-state index contributed by atoms with van der Waals surface area (Å²) in [5.41, 5.74) is 0. The third-order valence-electron chi connectivity index (χ3n) is 2.37. The Morgan fingerprint density at radius 3 is 2.87 bits per heavy atom. The number of hydrogen-bond acceptors (Lipinski definition) is 3. The van der Waals surface area contributed by atoms with Gasteiger partial charge in [-0.25, -0.2) is 4.79 Å². The van der Waals surface area contributed by atoms with Crippen LogP contribution in [0.1, 0.15) is 12.8 Å². The first-order chi connectivity index (χ1) is 7.06. The average molecular weight is 296 g/mol. The molecule has 0 aromatic heterocycles. The van der Waals surface area contributed by atoms with Crippen molar-refractivity contribution in [2.24, 2.45) is 0 Å². The number of thioether (sulfide) groups is 1. The van der Waals surface area contributed by atoms with Gasteiger partial charge in [0.15, 0.2) is 0 Å². The van der Waals surface area contributed by atoms with E-state index >= 15 is 0 Å². The zero-order valence-corrected chi connectivity index (χ0v) is 10.9. The summed E-state index contributed by atoms with van der Waals surface area (Å²) in [6, 6.07) is -0.660. The van der Waals surface area contributed by atoms with Crippen LogP contribution in [0.5, 0.6) is 0 Å². The predicted molar refractivity (Wildman–Crippen MR) is 63.5 cm³/mol. The minimum atomic E-state index is -0.904. The molecular formula is C9H14BrNO3S. The number of aliphatic carboxylic acids is 1. The third-order valence-corrected chi connectivity index (χ3v) is 3.63. The summed E-state index contributed by atoms with van der Waals surface area (Å²) in [4.78, 5) is 24.1. The van der Waals surface area contributed by atoms with E-state index in [1.807, 2.05) is 6.26 Å². The number of carboxylic acid groups (broad SMARTS) is 1. The lowest BCUT2D eigenvalue weighted by Crippen LogP contribution is -2.42. The zero-order valence-electron chi connectivity index (χ0n) is 8.48. The van der Waals surface area contributed by atoms with Crippen molar-refractivity contribution >= 4 is 39.6 Å². The average Bonchev–Trinajstić information content (AvgIpc) is 2.46. The first-order valence-electron chi connectivity index (χ1n) is 4.71. The number of carbonyl (C=O) groups is 2. The highest BCUT2D eigenvalue weighted by molar-refractivity contribution is 9.09. The van der Waals surface area contributed by atoms with Crippen LogP contribution in [0, 0.1) is 0 Å². The minimum absolute atomic E-state index is 0.0645. The number of alkyl halides is 1. The van der Waals surface area contributed by atoms with Crippen molar-refractivity contribution in [1.29, 1.82) is 0 Å². The molecule has 1 aliphatic heterocycles. The van der Waals surface area contributed by atoms with Gasteiger partial charge in [0.2, 0.25) is 5.91 Å². The van der Waals surface area contributed by atoms with E-state index < -0.39 is 12.0 Å². The number of carbonyl (C=O) groups excluding carboxylic acids is 1. The van der Waals surface area contributed by atoms with E-state index in [9.17, 15) is 9.59 Å². The first kappa shape index (κ1) is 12.8. The lowest BCUT2D eigenvalue weighted by molar-refractivity contribution is -0.148. The van der Waals surface area contributed by atoms with E-state index in [4.69, 9.17) is 5.11 Å². The van der Waals surface area contributed by atoms with Crippen molar-refractivity contribution in [3.8, 4) is 0 Å². The molecule has 1 amide bonds. The molecule has 6 heteroatoms. The third kappa shape index (κ3) is 3.38. The lowest BCUT2D eigenvalue weighted by Gasteiger charge is -2.23. The molecule has 86 valence electrons. The largest absolute Gasteiger partial charge is 0.480 e. The maximum Gasteiger partial charge on any atom is 0.326 e. The summed E-state index contributed by atoms with van der Waals surface area (Å²) in [6.07, 6.45) is 2.85. The van der Waals surface area contributed by atoms with Gasteiger partial charge in [-0.15, -0.1) is 0 Å². The molecule has 2 atom stereocenters. The zero-order chi connectivity index (χ0) is 11.4. The van der Waals surface area contributed by atoms with Gasteiger partial charge in [-0.1, -0.05) is 15.9 Å². The molecule has 0 spiro atoms. The quantitative estimate of drug-likeness (QED) is 0.774. The molecule has 0 aromatic carbocycles. The fourth-order valence-electron chi connectivity index (χ4n) is 1.63. The highest BCUT2D eigenvalue weighted by atomic mass is 79.9. The van der Waals surface area contributed by atoms with Crippen molar-refractivity contribution in [3.05, 3.63) is 0 Å². The summed E-state index contributed by atoms with van der Waals surface area (Å²) in [6.45, 7) is 0.504. The summed E-state index contributed by atoms with van der Waals surface area (Å²) in [5.74, 6) is -0.211. The normalized spacial score (nSPS) is 23.2. The number of hydrogen-bond donors (Lipinski definition) is 1.